The van der Waals surface area contributed by atoms with Crippen LogP contribution in [-0.4, -0.2) is 67.1 Å². The SMILES string of the molecule is CNc1cc(C)nc(C2CN(C(=O)CN(C)C3CCCC3)CCO2)c1. The van der Waals surface area contributed by atoms with Crippen molar-refractivity contribution in [1.82, 2.24) is 14.8 Å². The van der Waals surface area contributed by atoms with Gasteiger partial charge in [0.05, 0.1) is 25.4 Å². The molecule has 6 heteroatoms. The highest BCUT2D eigenvalue weighted by atomic mass is 16.5. The fourth-order valence-electron chi connectivity index (χ4n) is 3.85. The Morgan fingerprint density at radius 3 is 2.88 bits per heavy atom. The first-order chi connectivity index (χ1) is 12.1. The molecule has 138 valence electrons. The van der Waals surface area contributed by atoms with Crippen LogP contribution in [0, 0.1) is 6.92 Å². The van der Waals surface area contributed by atoms with Gasteiger partial charge in [-0.05, 0) is 38.9 Å². The number of amides is 1. The number of nitrogens with one attached hydrogen (secondary N) is 1. The summed E-state index contributed by atoms with van der Waals surface area (Å²) in [5.41, 5.74) is 2.87. The summed E-state index contributed by atoms with van der Waals surface area (Å²) in [6, 6.07) is 4.58. The third-order valence-electron chi connectivity index (χ3n) is 5.34. The van der Waals surface area contributed by atoms with Crippen molar-refractivity contribution in [3.05, 3.63) is 23.5 Å². The summed E-state index contributed by atoms with van der Waals surface area (Å²) in [4.78, 5) is 21.5. The van der Waals surface area contributed by atoms with Crippen molar-refractivity contribution < 1.29 is 9.53 Å². The Morgan fingerprint density at radius 2 is 2.16 bits per heavy atom. The van der Waals surface area contributed by atoms with Crippen LogP contribution in [0.5, 0.6) is 0 Å². The van der Waals surface area contributed by atoms with E-state index in [1.807, 2.05) is 31.0 Å². The lowest BCUT2D eigenvalue weighted by atomic mass is 10.1. The highest BCUT2D eigenvalue weighted by Gasteiger charge is 2.29. The van der Waals surface area contributed by atoms with Crippen molar-refractivity contribution in [3.63, 3.8) is 0 Å². The molecule has 3 rings (SSSR count). The second-order valence-electron chi connectivity index (χ2n) is 7.22. The number of ether oxygens (including phenoxy) is 1. The van der Waals surface area contributed by atoms with Crippen molar-refractivity contribution in [2.75, 3.05) is 45.7 Å². The number of morpholine rings is 1. The largest absolute Gasteiger partial charge is 0.388 e. The Bertz CT molecular complexity index is 601. The van der Waals surface area contributed by atoms with E-state index in [1.54, 1.807) is 0 Å². The average molecular weight is 346 g/mol. The smallest absolute Gasteiger partial charge is 0.236 e. The maximum Gasteiger partial charge on any atom is 0.236 e. The normalized spacial score (nSPS) is 21.8. The Hall–Kier alpha value is -1.66. The minimum absolute atomic E-state index is 0.151. The number of hydrogen-bond acceptors (Lipinski definition) is 5. The van der Waals surface area contributed by atoms with Gasteiger partial charge in [-0.3, -0.25) is 14.7 Å². The van der Waals surface area contributed by atoms with Crippen LogP contribution < -0.4 is 5.32 Å². The first-order valence-corrected chi connectivity index (χ1v) is 9.33. The van der Waals surface area contributed by atoms with Crippen LogP contribution in [0.15, 0.2) is 12.1 Å². The van der Waals surface area contributed by atoms with Gasteiger partial charge < -0.3 is 15.0 Å². The fourth-order valence-corrected chi connectivity index (χ4v) is 3.85. The van der Waals surface area contributed by atoms with Gasteiger partial charge in [-0.2, -0.15) is 0 Å². The third kappa shape index (κ3) is 4.50. The van der Waals surface area contributed by atoms with Crippen molar-refractivity contribution >= 4 is 11.6 Å². The molecule has 1 aliphatic heterocycles. The molecule has 2 fully saturated rings. The van der Waals surface area contributed by atoms with Crippen molar-refractivity contribution in [2.45, 2.75) is 44.8 Å². The fraction of sp³-hybridized carbons (Fsp3) is 0.684. The molecule has 1 saturated heterocycles. The van der Waals surface area contributed by atoms with E-state index in [4.69, 9.17) is 4.74 Å². The quantitative estimate of drug-likeness (QED) is 0.886. The predicted octanol–water partition coefficient (Wildman–Crippen LogP) is 2.21. The molecule has 0 spiro atoms. The topological polar surface area (TPSA) is 57.7 Å². The lowest BCUT2D eigenvalue weighted by Gasteiger charge is -2.34. The number of rotatable bonds is 5. The minimum Gasteiger partial charge on any atom is -0.388 e. The number of aromatic nitrogens is 1. The number of carbonyl (C=O) groups is 1. The van der Waals surface area contributed by atoms with Gasteiger partial charge in [0.2, 0.25) is 5.91 Å². The zero-order chi connectivity index (χ0) is 17.8. The minimum atomic E-state index is -0.151. The summed E-state index contributed by atoms with van der Waals surface area (Å²) >= 11 is 0. The molecule has 2 aliphatic rings. The van der Waals surface area contributed by atoms with E-state index in [0.29, 0.717) is 32.3 Å². The molecule has 6 nitrogen and oxygen atoms in total. The van der Waals surface area contributed by atoms with Crippen LogP contribution in [0.2, 0.25) is 0 Å². The number of anilines is 1. The van der Waals surface area contributed by atoms with E-state index in [0.717, 1.165) is 17.1 Å². The number of hydrogen-bond donors (Lipinski definition) is 1. The second-order valence-corrected chi connectivity index (χ2v) is 7.22. The molecule has 1 atom stereocenters. The highest BCUT2D eigenvalue weighted by molar-refractivity contribution is 5.78. The van der Waals surface area contributed by atoms with Crippen molar-refractivity contribution in [1.29, 1.82) is 0 Å². The molecular formula is C19H30N4O2. The summed E-state index contributed by atoms with van der Waals surface area (Å²) < 4.78 is 5.91. The lowest BCUT2D eigenvalue weighted by molar-refractivity contribution is -0.140. The van der Waals surface area contributed by atoms with Gasteiger partial charge in [0.1, 0.15) is 6.10 Å². The molecule has 1 aromatic heterocycles. The van der Waals surface area contributed by atoms with E-state index >= 15 is 0 Å². The number of pyridine rings is 1. The van der Waals surface area contributed by atoms with E-state index in [1.165, 1.54) is 25.7 Å². The zero-order valence-electron chi connectivity index (χ0n) is 15.6. The molecule has 1 saturated carbocycles. The Morgan fingerprint density at radius 1 is 1.40 bits per heavy atom. The predicted molar refractivity (Wildman–Crippen MR) is 98.7 cm³/mol. The van der Waals surface area contributed by atoms with Crippen LogP contribution in [0.25, 0.3) is 0 Å². The maximum absolute atomic E-state index is 12.7. The number of likely N-dealkylation sites (N-methyl/N-ethyl adjacent to an activating group) is 1. The van der Waals surface area contributed by atoms with Gasteiger partial charge in [0.25, 0.3) is 0 Å². The van der Waals surface area contributed by atoms with Crippen LogP contribution in [0.1, 0.15) is 43.2 Å². The Balaban J connectivity index is 1.62. The molecular weight excluding hydrogens is 316 g/mol. The molecule has 1 aliphatic carbocycles. The van der Waals surface area contributed by atoms with E-state index in [2.05, 4.69) is 22.2 Å². The van der Waals surface area contributed by atoms with Crippen molar-refractivity contribution in [3.8, 4) is 0 Å². The van der Waals surface area contributed by atoms with Gasteiger partial charge in [0, 0.05) is 31.0 Å². The standard InChI is InChI=1S/C19H30N4O2/c1-14-10-15(20-2)11-17(21-14)18-12-23(8-9-25-18)19(24)13-22(3)16-6-4-5-7-16/h10-11,16,18H,4-9,12-13H2,1-3H3,(H,20,21). The molecule has 1 N–H and O–H groups in total. The first kappa shape index (κ1) is 18.1. The zero-order valence-corrected chi connectivity index (χ0v) is 15.6. The maximum atomic E-state index is 12.7. The van der Waals surface area contributed by atoms with Gasteiger partial charge in [0.15, 0.2) is 0 Å². The van der Waals surface area contributed by atoms with Crippen LogP contribution >= 0.6 is 0 Å². The molecule has 0 bridgehead atoms. The van der Waals surface area contributed by atoms with Gasteiger partial charge in [-0.15, -0.1) is 0 Å². The van der Waals surface area contributed by atoms with Crippen LogP contribution in [0.4, 0.5) is 5.69 Å². The lowest BCUT2D eigenvalue weighted by Crippen LogP contribution is -2.47. The first-order valence-electron chi connectivity index (χ1n) is 9.33. The summed E-state index contributed by atoms with van der Waals surface area (Å²) in [5.74, 6) is 0.198. The second kappa shape index (κ2) is 8.15. The number of nitrogens with zero attached hydrogens (tertiary/aromatic N) is 3. The summed E-state index contributed by atoms with van der Waals surface area (Å²) in [5, 5.41) is 3.16. The monoisotopic (exact) mass is 346 g/mol. The van der Waals surface area contributed by atoms with Crippen LogP contribution in [0.3, 0.4) is 0 Å². The van der Waals surface area contributed by atoms with Gasteiger partial charge >= 0.3 is 0 Å². The van der Waals surface area contributed by atoms with E-state index in [-0.39, 0.29) is 12.0 Å². The molecule has 1 amide bonds. The molecule has 1 aromatic rings. The number of aryl methyl sites for hydroxylation is 1. The molecule has 0 aromatic carbocycles. The van der Waals surface area contributed by atoms with Gasteiger partial charge in [-0.25, -0.2) is 0 Å². The number of carbonyl (C=O) groups excluding carboxylic acids is 1. The highest BCUT2D eigenvalue weighted by Crippen LogP contribution is 2.25. The average Bonchev–Trinajstić information content (AvgIpc) is 3.16. The molecule has 25 heavy (non-hydrogen) atoms. The van der Waals surface area contributed by atoms with E-state index < -0.39 is 0 Å². The molecule has 1 unspecified atom stereocenters. The van der Waals surface area contributed by atoms with E-state index in [9.17, 15) is 4.79 Å². The molecule has 2 heterocycles. The summed E-state index contributed by atoms with van der Waals surface area (Å²) in [6.45, 7) is 4.29. The summed E-state index contributed by atoms with van der Waals surface area (Å²) in [6.07, 6.45) is 4.86. The molecule has 0 radical (unpaired) electrons. The summed E-state index contributed by atoms with van der Waals surface area (Å²) in [7, 11) is 3.97. The van der Waals surface area contributed by atoms with Gasteiger partial charge in [-0.1, -0.05) is 12.8 Å². The third-order valence-corrected chi connectivity index (χ3v) is 5.34. The Labute approximate surface area is 150 Å². The van der Waals surface area contributed by atoms with Crippen molar-refractivity contribution in [2.24, 2.45) is 0 Å². The van der Waals surface area contributed by atoms with Crippen LogP contribution in [-0.2, 0) is 9.53 Å². The Kier molecular flexibility index (Phi) is 5.91.